The number of benzene rings is 2. The average molecular weight is 789 g/mol. The Morgan fingerprint density at radius 3 is 2.25 bits per heavy atom. The topological polar surface area (TPSA) is 216 Å². The first-order chi connectivity index (χ1) is 26.8. The molecule has 3 N–H and O–H groups in total. The molecule has 0 amide bonds. The van der Waals surface area contributed by atoms with Crippen LogP contribution in [-0.2, 0) is 54.4 Å². The standard InChI is InChI=1S/C39H45N6O10P/c1-24(2)36(46)52-33-31(54-39(22-40,34(33)53-37(47)25(3)4)32-19-18-30-35(41)42-23-43-45(30)32)21-50-56(49,55-28-14-9-6-10-15-28)44-29(20-26-12-7-5-8-13-26)38(48)51-27-16-11-17-27/h5-10,12-15,18-19,23-25,27,29,31,33-34H,11,16-17,20-21H2,1-4H3,(H,44,49)(H2,41,42,43)/t29-,31+,33+,34+,39-,56?/m0/s1. The molecule has 17 heteroatoms. The molecule has 1 saturated carbocycles. The van der Waals surface area contributed by atoms with E-state index in [0.29, 0.717) is 18.4 Å². The SMILES string of the molecule is CC(C)C(=O)O[C@H]1[C@@H](OC(=O)C(C)C)[C@](C#N)(c2ccc3c(N)ncnn23)O[C@@H]1COP(=O)(N[C@@H](Cc1ccccc1)C(=O)OC1CCC1)Oc1ccccc1. The Hall–Kier alpha value is -5.33. The zero-order chi connectivity index (χ0) is 40.0. The van der Waals surface area contributed by atoms with Crippen molar-refractivity contribution in [1.82, 2.24) is 19.7 Å². The van der Waals surface area contributed by atoms with Crippen molar-refractivity contribution in [3.05, 3.63) is 90.4 Å². The van der Waals surface area contributed by atoms with Gasteiger partial charge in [0.05, 0.1) is 24.1 Å². The van der Waals surface area contributed by atoms with Crippen LogP contribution < -0.4 is 15.3 Å². The second-order valence-electron chi connectivity index (χ2n) is 14.3. The fourth-order valence-electron chi connectivity index (χ4n) is 6.17. The molecule has 2 aromatic carbocycles. The normalized spacial score (nSPS) is 22.5. The number of hydrogen-bond acceptors (Lipinski definition) is 14. The third kappa shape index (κ3) is 8.87. The summed E-state index contributed by atoms with van der Waals surface area (Å²) in [6.45, 7) is 5.78. The van der Waals surface area contributed by atoms with E-state index in [2.05, 4.69) is 21.2 Å². The van der Waals surface area contributed by atoms with Crippen molar-refractivity contribution in [2.75, 3.05) is 12.3 Å². The van der Waals surface area contributed by atoms with Crippen LogP contribution in [-0.4, -0.2) is 69.6 Å². The zero-order valence-corrected chi connectivity index (χ0v) is 32.4. The summed E-state index contributed by atoms with van der Waals surface area (Å²) in [5.74, 6) is -3.11. The maximum atomic E-state index is 15.0. The summed E-state index contributed by atoms with van der Waals surface area (Å²) in [7, 11) is -4.58. The van der Waals surface area contributed by atoms with Gasteiger partial charge in [-0.3, -0.25) is 18.9 Å². The molecule has 4 aromatic rings. The molecular weight excluding hydrogens is 743 g/mol. The van der Waals surface area contributed by atoms with Crippen molar-refractivity contribution in [2.45, 2.75) is 89.4 Å². The van der Waals surface area contributed by atoms with Gasteiger partial charge in [0, 0.05) is 0 Å². The number of rotatable bonds is 16. The van der Waals surface area contributed by atoms with Gasteiger partial charge < -0.3 is 29.2 Å². The number of hydrogen-bond donors (Lipinski definition) is 2. The number of fused-ring (bicyclic) bond motifs is 1. The lowest BCUT2D eigenvalue weighted by atomic mass is 9.92. The smallest absolute Gasteiger partial charge is 0.459 e. The first-order valence-corrected chi connectivity index (χ1v) is 20.0. The fraction of sp³-hybridized carbons (Fsp3) is 0.436. The molecule has 1 saturated heterocycles. The lowest BCUT2D eigenvalue weighted by Gasteiger charge is -2.30. The highest BCUT2D eigenvalue weighted by Gasteiger charge is 2.63. The number of ether oxygens (including phenoxy) is 4. The highest BCUT2D eigenvalue weighted by molar-refractivity contribution is 7.52. The molecule has 2 aromatic heterocycles. The number of carbonyl (C=O) groups excluding carboxylic acids is 3. The molecule has 6 atom stereocenters. The molecule has 0 bridgehead atoms. The van der Waals surface area contributed by atoms with Crippen LogP contribution in [0, 0.1) is 23.2 Å². The van der Waals surface area contributed by atoms with Crippen LogP contribution in [0.4, 0.5) is 5.82 Å². The molecule has 56 heavy (non-hydrogen) atoms. The summed E-state index contributed by atoms with van der Waals surface area (Å²) >= 11 is 0. The van der Waals surface area contributed by atoms with Gasteiger partial charge in [-0.2, -0.15) is 15.4 Å². The van der Waals surface area contributed by atoms with Gasteiger partial charge in [-0.25, -0.2) is 14.1 Å². The number of anilines is 1. The molecule has 1 unspecified atom stereocenters. The number of para-hydroxylation sites is 1. The van der Waals surface area contributed by atoms with Gasteiger partial charge in [-0.15, -0.1) is 0 Å². The third-order valence-corrected chi connectivity index (χ3v) is 11.0. The highest BCUT2D eigenvalue weighted by atomic mass is 31.2. The predicted octanol–water partition coefficient (Wildman–Crippen LogP) is 5.07. The average Bonchev–Trinajstić information content (AvgIpc) is 3.73. The fourth-order valence-corrected chi connectivity index (χ4v) is 7.67. The van der Waals surface area contributed by atoms with Crippen LogP contribution in [0.1, 0.15) is 58.2 Å². The van der Waals surface area contributed by atoms with E-state index in [1.165, 1.54) is 16.9 Å². The van der Waals surface area contributed by atoms with Crippen LogP contribution in [0.3, 0.4) is 0 Å². The minimum Gasteiger partial charge on any atom is -0.461 e. The van der Waals surface area contributed by atoms with Gasteiger partial charge >= 0.3 is 25.7 Å². The van der Waals surface area contributed by atoms with E-state index in [0.717, 1.165) is 12.0 Å². The van der Waals surface area contributed by atoms with E-state index in [9.17, 15) is 24.2 Å². The second kappa shape index (κ2) is 17.2. The molecule has 296 valence electrons. The summed E-state index contributed by atoms with van der Waals surface area (Å²) < 4.78 is 52.5. The van der Waals surface area contributed by atoms with E-state index in [1.807, 2.05) is 30.3 Å². The third-order valence-electron chi connectivity index (χ3n) is 9.46. The largest absolute Gasteiger partial charge is 0.461 e. The number of carbonyl (C=O) groups is 3. The monoisotopic (exact) mass is 788 g/mol. The Labute approximate surface area is 324 Å². The zero-order valence-electron chi connectivity index (χ0n) is 31.5. The number of nitrogens with two attached hydrogens (primary N) is 1. The van der Waals surface area contributed by atoms with Crippen LogP contribution >= 0.6 is 7.75 Å². The first-order valence-electron chi connectivity index (χ1n) is 18.4. The lowest BCUT2D eigenvalue weighted by Crippen LogP contribution is -2.47. The van der Waals surface area contributed by atoms with Crippen molar-refractivity contribution >= 4 is 37.0 Å². The van der Waals surface area contributed by atoms with Gasteiger partial charge in [0.25, 0.3) is 0 Å². The molecule has 1 aliphatic carbocycles. The second-order valence-corrected chi connectivity index (χ2v) is 16.0. The molecule has 0 radical (unpaired) electrons. The predicted molar refractivity (Wildman–Crippen MR) is 200 cm³/mol. The van der Waals surface area contributed by atoms with Crippen molar-refractivity contribution in [3.8, 4) is 11.8 Å². The number of aromatic nitrogens is 3. The molecule has 2 fully saturated rings. The summed E-state index contributed by atoms with van der Waals surface area (Å²) in [4.78, 5) is 44.2. The molecule has 2 aliphatic rings. The van der Waals surface area contributed by atoms with E-state index >= 15 is 0 Å². The van der Waals surface area contributed by atoms with Crippen LogP contribution in [0.5, 0.6) is 5.75 Å². The number of esters is 3. The first kappa shape index (κ1) is 40.3. The Kier molecular flexibility index (Phi) is 12.4. The van der Waals surface area contributed by atoms with Crippen molar-refractivity contribution in [2.24, 2.45) is 11.8 Å². The minimum absolute atomic E-state index is 0.0729. The Morgan fingerprint density at radius 1 is 0.964 bits per heavy atom. The maximum absolute atomic E-state index is 15.0. The molecule has 16 nitrogen and oxygen atoms in total. The highest BCUT2D eigenvalue weighted by Crippen LogP contribution is 2.49. The van der Waals surface area contributed by atoms with Crippen LogP contribution in [0.2, 0.25) is 0 Å². The summed E-state index contributed by atoms with van der Waals surface area (Å²) in [5.41, 5.74) is 5.10. The van der Waals surface area contributed by atoms with Gasteiger partial charge in [0.2, 0.25) is 5.60 Å². The Morgan fingerprint density at radius 2 is 1.62 bits per heavy atom. The number of nitriles is 1. The molecule has 0 spiro atoms. The molecule has 3 heterocycles. The molecular formula is C39H45N6O10P. The quantitative estimate of drug-likeness (QED) is 0.0862. The van der Waals surface area contributed by atoms with Crippen LogP contribution in [0.15, 0.2) is 79.1 Å². The maximum Gasteiger partial charge on any atom is 0.459 e. The number of nitrogens with one attached hydrogen (secondary N) is 1. The minimum atomic E-state index is -4.58. The van der Waals surface area contributed by atoms with E-state index in [1.54, 1.807) is 64.1 Å². The van der Waals surface area contributed by atoms with Crippen LogP contribution in [0.25, 0.3) is 5.52 Å². The molecule has 6 rings (SSSR count). The van der Waals surface area contributed by atoms with E-state index < -0.39 is 74.1 Å². The van der Waals surface area contributed by atoms with Gasteiger partial charge in [0.15, 0.2) is 18.0 Å². The van der Waals surface area contributed by atoms with Gasteiger partial charge in [-0.05, 0) is 55.5 Å². The van der Waals surface area contributed by atoms with Gasteiger partial charge in [-0.1, -0.05) is 76.2 Å². The Bertz CT molecular complexity index is 2110. The van der Waals surface area contributed by atoms with Crippen molar-refractivity contribution < 1.29 is 46.9 Å². The summed E-state index contributed by atoms with van der Waals surface area (Å²) in [5, 5.41) is 18.1. The molecule has 1 aliphatic heterocycles. The van der Waals surface area contributed by atoms with E-state index in [-0.39, 0.29) is 29.8 Å². The number of nitrogens with zero attached hydrogens (tertiary/aromatic N) is 4. The van der Waals surface area contributed by atoms with E-state index in [4.69, 9.17) is 33.7 Å². The van der Waals surface area contributed by atoms with Crippen molar-refractivity contribution in [3.63, 3.8) is 0 Å². The number of nitrogen functional groups attached to an aromatic ring is 1. The Balaban J connectivity index is 1.39. The van der Waals surface area contributed by atoms with Gasteiger partial charge in [0.1, 0.15) is 41.9 Å². The summed E-state index contributed by atoms with van der Waals surface area (Å²) in [6.07, 6.45) is -1.13. The van der Waals surface area contributed by atoms with Crippen molar-refractivity contribution in [1.29, 1.82) is 5.26 Å². The summed E-state index contributed by atoms with van der Waals surface area (Å²) in [6, 6.07) is 21.3. The lowest BCUT2D eigenvalue weighted by molar-refractivity contribution is -0.173.